The van der Waals surface area contributed by atoms with Crippen molar-refractivity contribution in [3.05, 3.63) is 58.6 Å². The minimum atomic E-state index is -3.68. The van der Waals surface area contributed by atoms with Gasteiger partial charge in [-0.1, -0.05) is 24.3 Å². The highest BCUT2D eigenvalue weighted by Gasteiger charge is 2.15. The summed E-state index contributed by atoms with van der Waals surface area (Å²) < 4.78 is 27.8. The molecular weight excluding hydrogens is 370 g/mol. The number of sulfonamides is 1. The van der Waals surface area contributed by atoms with E-state index in [0.29, 0.717) is 16.6 Å². The molecule has 2 rings (SSSR count). The van der Waals surface area contributed by atoms with Crippen molar-refractivity contribution in [1.82, 2.24) is 0 Å². The first-order valence-electron chi connectivity index (χ1n) is 6.46. The molecular formula is C15H14BrNO4S. The fourth-order valence-corrected chi connectivity index (χ4v) is 3.43. The van der Waals surface area contributed by atoms with Gasteiger partial charge in [0.05, 0.1) is 10.6 Å². The molecule has 2 aromatic rings. The van der Waals surface area contributed by atoms with E-state index in [9.17, 15) is 13.2 Å². The Bertz CT molecular complexity index is 772. The van der Waals surface area contributed by atoms with E-state index in [1.165, 1.54) is 12.1 Å². The summed E-state index contributed by atoms with van der Waals surface area (Å²) in [5, 5.41) is 8.64. The second kappa shape index (κ2) is 6.93. The molecule has 116 valence electrons. The average molecular weight is 384 g/mol. The molecule has 0 aromatic heterocycles. The molecule has 0 saturated heterocycles. The van der Waals surface area contributed by atoms with Crippen molar-refractivity contribution >= 4 is 37.6 Å². The molecule has 22 heavy (non-hydrogen) atoms. The predicted octanol–water partition coefficient (Wildman–Crippen LogP) is 3.27. The van der Waals surface area contributed by atoms with Crippen LogP contribution in [0.5, 0.6) is 0 Å². The van der Waals surface area contributed by atoms with E-state index in [4.69, 9.17) is 5.11 Å². The van der Waals surface area contributed by atoms with Gasteiger partial charge in [-0.2, -0.15) is 0 Å². The van der Waals surface area contributed by atoms with E-state index >= 15 is 0 Å². The van der Waals surface area contributed by atoms with Crippen LogP contribution in [-0.4, -0.2) is 19.5 Å². The van der Waals surface area contributed by atoms with Crippen LogP contribution in [0.1, 0.15) is 12.0 Å². The van der Waals surface area contributed by atoms with Gasteiger partial charge < -0.3 is 5.11 Å². The van der Waals surface area contributed by atoms with E-state index in [2.05, 4.69) is 20.7 Å². The number of anilines is 1. The zero-order valence-electron chi connectivity index (χ0n) is 11.5. The molecule has 0 spiro atoms. The number of halogens is 1. The van der Waals surface area contributed by atoms with Gasteiger partial charge in [0.25, 0.3) is 10.0 Å². The SMILES string of the molecule is O=C(O)CCc1ccc(S(=O)(=O)Nc2ccccc2Br)cc1. The summed E-state index contributed by atoms with van der Waals surface area (Å²) in [5.74, 6) is -0.882. The first-order chi connectivity index (χ1) is 10.4. The van der Waals surface area contributed by atoms with Gasteiger partial charge in [0.2, 0.25) is 0 Å². The molecule has 2 aromatic carbocycles. The quantitative estimate of drug-likeness (QED) is 0.801. The minimum absolute atomic E-state index is 0.0152. The smallest absolute Gasteiger partial charge is 0.303 e. The van der Waals surface area contributed by atoms with Crippen molar-refractivity contribution in [3.8, 4) is 0 Å². The number of para-hydroxylation sites is 1. The Kier molecular flexibility index (Phi) is 5.20. The summed E-state index contributed by atoms with van der Waals surface area (Å²) >= 11 is 3.28. The lowest BCUT2D eigenvalue weighted by Crippen LogP contribution is -2.13. The van der Waals surface area contributed by atoms with Crippen LogP contribution >= 0.6 is 15.9 Å². The molecule has 0 aliphatic rings. The molecule has 0 radical (unpaired) electrons. The largest absolute Gasteiger partial charge is 0.481 e. The number of benzene rings is 2. The summed E-state index contributed by atoms with van der Waals surface area (Å²) in [4.78, 5) is 10.7. The van der Waals surface area contributed by atoms with Crippen LogP contribution in [0.15, 0.2) is 57.9 Å². The lowest BCUT2D eigenvalue weighted by atomic mass is 10.1. The molecule has 0 aliphatic carbocycles. The molecule has 7 heteroatoms. The van der Waals surface area contributed by atoms with Gasteiger partial charge in [-0.3, -0.25) is 9.52 Å². The number of carbonyl (C=O) groups is 1. The highest BCUT2D eigenvalue weighted by atomic mass is 79.9. The number of aliphatic carboxylic acids is 1. The molecule has 0 fully saturated rings. The number of hydrogen-bond acceptors (Lipinski definition) is 3. The van der Waals surface area contributed by atoms with Gasteiger partial charge in [-0.05, 0) is 52.2 Å². The number of rotatable bonds is 6. The second-order valence-electron chi connectivity index (χ2n) is 4.62. The molecule has 0 heterocycles. The summed E-state index contributed by atoms with van der Waals surface area (Å²) in [6.45, 7) is 0. The third-order valence-corrected chi connectivity index (χ3v) is 5.05. The first kappa shape index (κ1) is 16.5. The molecule has 0 aliphatic heterocycles. The number of aryl methyl sites for hydroxylation is 1. The van der Waals surface area contributed by atoms with Crippen LogP contribution in [0.2, 0.25) is 0 Å². The Hall–Kier alpha value is -1.86. The van der Waals surface area contributed by atoms with Crippen LogP contribution < -0.4 is 4.72 Å². The molecule has 5 nitrogen and oxygen atoms in total. The van der Waals surface area contributed by atoms with Crippen molar-refractivity contribution in [3.63, 3.8) is 0 Å². The Balaban J connectivity index is 2.16. The highest BCUT2D eigenvalue weighted by molar-refractivity contribution is 9.10. The van der Waals surface area contributed by atoms with E-state index < -0.39 is 16.0 Å². The molecule has 0 amide bonds. The minimum Gasteiger partial charge on any atom is -0.481 e. The fraction of sp³-hybridized carbons (Fsp3) is 0.133. The maximum absolute atomic E-state index is 12.3. The third kappa shape index (κ3) is 4.32. The first-order valence-corrected chi connectivity index (χ1v) is 8.74. The number of nitrogens with one attached hydrogen (secondary N) is 1. The molecule has 0 atom stereocenters. The zero-order chi connectivity index (χ0) is 16.2. The van der Waals surface area contributed by atoms with Crippen LogP contribution in [0.4, 0.5) is 5.69 Å². The van der Waals surface area contributed by atoms with Crippen LogP contribution in [0, 0.1) is 0 Å². The van der Waals surface area contributed by atoms with Gasteiger partial charge in [-0.15, -0.1) is 0 Å². The number of carboxylic acids is 1. The summed E-state index contributed by atoms with van der Waals surface area (Å²) in [5.41, 5.74) is 1.24. The van der Waals surface area contributed by atoms with Crippen molar-refractivity contribution in [2.24, 2.45) is 0 Å². The lowest BCUT2D eigenvalue weighted by Gasteiger charge is -2.10. The maximum atomic E-state index is 12.3. The molecule has 0 bridgehead atoms. The van der Waals surface area contributed by atoms with Gasteiger partial charge in [0.1, 0.15) is 0 Å². The van der Waals surface area contributed by atoms with Crippen LogP contribution in [0.25, 0.3) is 0 Å². The second-order valence-corrected chi connectivity index (χ2v) is 7.16. The van der Waals surface area contributed by atoms with Gasteiger partial charge >= 0.3 is 5.97 Å². The van der Waals surface area contributed by atoms with Crippen LogP contribution in [0.3, 0.4) is 0 Å². The average Bonchev–Trinajstić information content (AvgIpc) is 2.48. The van der Waals surface area contributed by atoms with Gasteiger partial charge in [0.15, 0.2) is 0 Å². The van der Waals surface area contributed by atoms with Crippen molar-refractivity contribution < 1.29 is 18.3 Å². The Morgan fingerprint density at radius 3 is 2.32 bits per heavy atom. The lowest BCUT2D eigenvalue weighted by molar-refractivity contribution is -0.136. The summed E-state index contributed by atoms with van der Waals surface area (Å²) in [6, 6.07) is 13.1. The Morgan fingerprint density at radius 2 is 1.73 bits per heavy atom. The third-order valence-electron chi connectivity index (χ3n) is 2.98. The molecule has 0 saturated carbocycles. The van der Waals surface area contributed by atoms with Crippen molar-refractivity contribution in [2.75, 3.05) is 4.72 Å². The standard InChI is InChI=1S/C15H14BrNO4S/c16-13-3-1-2-4-14(13)17-22(20,21)12-8-5-11(6-9-12)7-10-15(18)19/h1-6,8-9,17H,7,10H2,(H,18,19). The van der Waals surface area contributed by atoms with E-state index in [0.717, 1.165) is 5.56 Å². The zero-order valence-corrected chi connectivity index (χ0v) is 13.9. The maximum Gasteiger partial charge on any atom is 0.303 e. The fourth-order valence-electron chi connectivity index (χ4n) is 1.83. The van der Waals surface area contributed by atoms with Crippen molar-refractivity contribution in [2.45, 2.75) is 17.7 Å². The predicted molar refractivity (Wildman–Crippen MR) is 87.3 cm³/mol. The van der Waals surface area contributed by atoms with Crippen molar-refractivity contribution in [1.29, 1.82) is 0 Å². The summed E-state index contributed by atoms with van der Waals surface area (Å²) in [7, 11) is -3.68. The molecule has 2 N–H and O–H groups in total. The molecule has 0 unspecified atom stereocenters. The monoisotopic (exact) mass is 383 g/mol. The number of carboxylic acid groups (broad SMARTS) is 1. The van der Waals surface area contributed by atoms with E-state index in [1.54, 1.807) is 36.4 Å². The highest BCUT2D eigenvalue weighted by Crippen LogP contribution is 2.24. The van der Waals surface area contributed by atoms with Gasteiger partial charge in [0, 0.05) is 10.9 Å². The van der Waals surface area contributed by atoms with E-state index in [-0.39, 0.29) is 11.3 Å². The summed E-state index contributed by atoms with van der Waals surface area (Å²) in [6.07, 6.45) is 0.384. The topological polar surface area (TPSA) is 83.5 Å². The Labute approximate surface area is 137 Å². The van der Waals surface area contributed by atoms with Gasteiger partial charge in [-0.25, -0.2) is 8.42 Å². The Morgan fingerprint density at radius 1 is 1.09 bits per heavy atom. The van der Waals surface area contributed by atoms with Crippen LogP contribution in [-0.2, 0) is 21.2 Å². The number of hydrogen-bond donors (Lipinski definition) is 2. The van der Waals surface area contributed by atoms with E-state index in [1.807, 2.05) is 0 Å². The normalized spacial score (nSPS) is 11.1.